The second-order valence-corrected chi connectivity index (χ2v) is 6.77. The summed E-state index contributed by atoms with van der Waals surface area (Å²) in [7, 11) is 0. The van der Waals surface area contributed by atoms with E-state index in [4.69, 9.17) is 9.47 Å². The number of hydrogen-bond acceptors (Lipinski definition) is 6. The van der Waals surface area contributed by atoms with Crippen LogP contribution in [0.3, 0.4) is 0 Å². The van der Waals surface area contributed by atoms with Crippen LogP contribution in [0.1, 0.15) is 30.8 Å². The molecular weight excluding hydrogens is 366 g/mol. The SMILES string of the molecule is CSc1ncc(C(=O)OCC(=O)NCCCOC(C)C)n1-c1ccccc1. The van der Waals surface area contributed by atoms with Crippen molar-refractivity contribution in [3.8, 4) is 5.69 Å². The molecule has 0 aliphatic rings. The predicted octanol–water partition coefficient (Wildman–Crippen LogP) is 2.68. The molecule has 7 nitrogen and oxygen atoms in total. The standard InChI is InChI=1S/C19H25N3O4S/c1-14(2)25-11-7-10-20-17(23)13-26-18(24)16-12-21-19(27-3)22(16)15-8-5-4-6-9-15/h4-6,8-9,12,14H,7,10-11,13H2,1-3H3,(H,20,23). The molecule has 8 heteroatoms. The van der Waals surface area contributed by atoms with Crippen LogP contribution >= 0.6 is 11.8 Å². The maximum absolute atomic E-state index is 12.4. The van der Waals surface area contributed by atoms with Gasteiger partial charge in [0.2, 0.25) is 0 Å². The van der Waals surface area contributed by atoms with Gasteiger partial charge in [0.15, 0.2) is 17.5 Å². The Kier molecular flexibility index (Phi) is 8.35. The van der Waals surface area contributed by atoms with E-state index in [-0.39, 0.29) is 24.3 Å². The number of benzene rings is 1. The van der Waals surface area contributed by atoms with Gasteiger partial charge in [0.05, 0.1) is 12.3 Å². The van der Waals surface area contributed by atoms with Gasteiger partial charge in [-0.15, -0.1) is 0 Å². The van der Waals surface area contributed by atoms with Crippen molar-refractivity contribution >= 4 is 23.6 Å². The van der Waals surface area contributed by atoms with Gasteiger partial charge < -0.3 is 14.8 Å². The highest BCUT2D eigenvalue weighted by Crippen LogP contribution is 2.22. The molecule has 1 N–H and O–H groups in total. The number of amides is 1. The third kappa shape index (κ3) is 6.41. The quantitative estimate of drug-likeness (QED) is 0.381. The van der Waals surface area contributed by atoms with E-state index in [9.17, 15) is 9.59 Å². The topological polar surface area (TPSA) is 82.4 Å². The van der Waals surface area contributed by atoms with E-state index < -0.39 is 5.97 Å². The molecule has 0 atom stereocenters. The van der Waals surface area contributed by atoms with Gasteiger partial charge in [-0.2, -0.15) is 0 Å². The first-order valence-electron chi connectivity index (χ1n) is 8.75. The fourth-order valence-corrected chi connectivity index (χ4v) is 2.87. The number of carbonyl (C=O) groups excluding carboxylic acids is 2. The van der Waals surface area contributed by atoms with Crippen LogP contribution in [0.4, 0.5) is 0 Å². The second-order valence-electron chi connectivity index (χ2n) is 6.00. The van der Waals surface area contributed by atoms with Gasteiger partial charge in [0.1, 0.15) is 0 Å². The van der Waals surface area contributed by atoms with Gasteiger partial charge in [-0.25, -0.2) is 9.78 Å². The molecule has 2 rings (SSSR count). The molecule has 0 saturated heterocycles. The number of esters is 1. The van der Waals surface area contributed by atoms with E-state index in [0.717, 1.165) is 5.69 Å². The number of rotatable bonds is 10. The molecule has 0 radical (unpaired) electrons. The van der Waals surface area contributed by atoms with Gasteiger partial charge in [-0.3, -0.25) is 9.36 Å². The molecule has 1 aromatic heterocycles. The van der Waals surface area contributed by atoms with Gasteiger partial charge >= 0.3 is 5.97 Å². The smallest absolute Gasteiger partial charge is 0.357 e. The molecule has 1 aromatic carbocycles. The summed E-state index contributed by atoms with van der Waals surface area (Å²) in [5.41, 5.74) is 1.09. The summed E-state index contributed by atoms with van der Waals surface area (Å²) >= 11 is 1.42. The van der Waals surface area contributed by atoms with Gasteiger partial charge in [0, 0.05) is 18.8 Å². The molecule has 0 spiro atoms. The zero-order valence-corrected chi connectivity index (χ0v) is 16.6. The van der Waals surface area contributed by atoms with Gasteiger partial charge in [0.25, 0.3) is 5.91 Å². The fourth-order valence-electron chi connectivity index (χ4n) is 2.32. The Morgan fingerprint density at radius 1 is 1.26 bits per heavy atom. The summed E-state index contributed by atoms with van der Waals surface area (Å²) in [5.74, 6) is -0.936. The van der Waals surface area contributed by atoms with Crippen LogP contribution in [-0.4, -0.2) is 53.5 Å². The summed E-state index contributed by atoms with van der Waals surface area (Å²) in [4.78, 5) is 28.5. The van der Waals surface area contributed by atoms with E-state index in [0.29, 0.717) is 24.7 Å². The summed E-state index contributed by atoms with van der Waals surface area (Å²) < 4.78 is 12.3. The van der Waals surface area contributed by atoms with E-state index in [1.807, 2.05) is 50.4 Å². The number of ether oxygens (including phenoxy) is 2. The fraction of sp³-hybridized carbons (Fsp3) is 0.421. The number of para-hydroxylation sites is 1. The summed E-state index contributed by atoms with van der Waals surface area (Å²) in [6, 6.07) is 9.41. The minimum Gasteiger partial charge on any atom is -0.451 e. The molecule has 0 saturated carbocycles. The summed E-state index contributed by atoms with van der Waals surface area (Å²) in [6.45, 7) is 4.63. The van der Waals surface area contributed by atoms with Gasteiger partial charge in [-0.1, -0.05) is 30.0 Å². The largest absolute Gasteiger partial charge is 0.451 e. The first kappa shape index (κ1) is 21.0. The molecule has 146 valence electrons. The Hall–Kier alpha value is -2.32. The molecular formula is C19H25N3O4S. The third-order valence-corrected chi connectivity index (χ3v) is 4.22. The van der Waals surface area contributed by atoms with Crippen LogP contribution in [0.5, 0.6) is 0 Å². The molecule has 2 aromatic rings. The molecule has 0 fully saturated rings. The number of thioether (sulfide) groups is 1. The molecule has 1 heterocycles. The van der Waals surface area contributed by atoms with Crippen molar-refractivity contribution in [1.82, 2.24) is 14.9 Å². The van der Waals surface area contributed by atoms with Crippen molar-refractivity contribution in [2.75, 3.05) is 26.0 Å². The highest BCUT2D eigenvalue weighted by atomic mass is 32.2. The van der Waals surface area contributed by atoms with Crippen molar-refractivity contribution in [1.29, 1.82) is 0 Å². The highest BCUT2D eigenvalue weighted by molar-refractivity contribution is 7.98. The molecule has 0 bridgehead atoms. The lowest BCUT2D eigenvalue weighted by molar-refractivity contribution is -0.124. The molecule has 27 heavy (non-hydrogen) atoms. The highest BCUT2D eigenvalue weighted by Gasteiger charge is 2.19. The zero-order chi connectivity index (χ0) is 19.6. The molecule has 1 amide bonds. The van der Waals surface area contributed by atoms with Crippen LogP contribution in [0.25, 0.3) is 5.69 Å². The van der Waals surface area contributed by atoms with Crippen molar-refractivity contribution in [2.45, 2.75) is 31.5 Å². The minimum absolute atomic E-state index is 0.169. The third-order valence-electron chi connectivity index (χ3n) is 3.56. The van der Waals surface area contributed by atoms with Crippen molar-refractivity contribution < 1.29 is 19.1 Å². The predicted molar refractivity (Wildman–Crippen MR) is 104 cm³/mol. The van der Waals surface area contributed by atoms with Crippen molar-refractivity contribution in [3.05, 3.63) is 42.2 Å². The number of nitrogens with one attached hydrogen (secondary N) is 1. The van der Waals surface area contributed by atoms with E-state index >= 15 is 0 Å². The molecule has 0 aliphatic carbocycles. The second kappa shape index (κ2) is 10.7. The van der Waals surface area contributed by atoms with Crippen molar-refractivity contribution in [2.24, 2.45) is 0 Å². The summed E-state index contributed by atoms with van der Waals surface area (Å²) in [5, 5.41) is 3.37. The van der Waals surface area contributed by atoms with Crippen LogP contribution in [0.2, 0.25) is 0 Å². The Balaban J connectivity index is 1.89. The first-order chi connectivity index (χ1) is 13.0. The number of nitrogens with zero attached hydrogens (tertiary/aromatic N) is 2. The van der Waals surface area contributed by atoms with Crippen LogP contribution in [0, 0.1) is 0 Å². The van der Waals surface area contributed by atoms with Gasteiger partial charge in [-0.05, 0) is 38.7 Å². The lowest BCUT2D eigenvalue weighted by Crippen LogP contribution is -2.30. The average molecular weight is 391 g/mol. The number of aromatic nitrogens is 2. The van der Waals surface area contributed by atoms with E-state index in [1.54, 1.807) is 4.57 Å². The first-order valence-corrected chi connectivity index (χ1v) is 9.98. The van der Waals surface area contributed by atoms with E-state index in [1.165, 1.54) is 18.0 Å². The average Bonchev–Trinajstić information content (AvgIpc) is 3.10. The maximum Gasteiger partial charge on any atom is 0.357 e. The lowest BCUT2D eigenvalue weighted by Gasteiger charge is -2.11. The maximum atomic E-state index is 12.4. The Morgan fingerprint density at radius 3 is 2.67 bits per heavy atom. The zero-order valence-electron chi connectivity index (χ0n) is 15.8. The number of imidazole rings is 1. The van der Waals surface area contributed by atoms with E-state index in [2.05, 4.69) is 10.3 Å². The Morgan fingerprint density at radius 2 is 2.00 bits per heavy atom. The normalized spacial score (nSPS) is 10.8. The van der Waals surface area contributed by atoms with Crippen LogP contribution < -0.4 is 5.32 Å². The Bertz CT molecular complexity index is 747. The van der Waals surface area contributed by atoms with Crippen molar-refractivity contribution in [3.63, 3.8) is 0 Å². The Labute approximate surface area is 163 Å². The van der Waals surface area contributed by atoms with Crippen LogP contribution in [-0.2, 0) is 14.3 Å². The lowest BCUT2D eigenvalue weighted by atomic mass is 10.3. The molecule has 0 unspecified atom stereocenters. The summed E-state index contributed by atoms with van der Waals surface area (Å²) in [6.07, 6.45) is 4.22. The minimum atomic E-state index is -0.593. The number of hydrogen-bond donors (Lipinski definition) is 1. The number of carbonyl (C=O) groups is 2. The molecule has 0 aliphatic heterocycles. The van der Waals surface area contributed by atoms with Crippen LogP contribution in [0.15, 0.2) is 41.7 Å². The monoisotopic (exact) mass is 391 g/mol.